The number of aromatic nitrogens is 4. The number of pyridine rings is 1. The summed E-state index contributed by atoms with van der Waals surface area (Å²) in [6.45, 7) is 1.56. The normalized spacial score (nSPS) is 11.0. The molecule has 28 heavy (non-hydrogen) atoms. The quantitative estimate of drug-likeness (QED) is 0.503. The topological polar surface area (TPSA) is 73.3 Å². The van der Waals surface area contributed by atoms with Gasteiger partial charge in [0.1, 0.15) is 5.69 Å². The van der Waals surface area contributed by atoms with Crippen molar-refractivity contribution in [3.8, 4) is 0 Å². The molecule has 3 aromatic heterocycles. The van der Waals surface area contributed by atoms with Gasteiger partial charge < -0.3 is 9.88 Å². The number of aryl methyl sites for hydroxylation is 1. The van der Waals surface area contributed by atoms with Crippen LogP contribution in [-0.2, 0) is 13.1 Å². The molecule has 0 bridgehead atoms. The van der Waals surface area contributed by atoms with E-state index >= 15 is 0 Å². The van der Waals surface area contributed by atoms with Crippen LogP contribution >= 0.6 is 0 Å². The molecule has 0 aliphatic heterocycles. The van der Waals surface area contributed by atoms with Crippen LogP contribution in [0.1, 0.15) is 22.5 Å². The van der Waals surface area contributed by atoms with Gasteiger partial charge in [-0.1, -0.05) is 36.4 Å². The van der Waals surface area contributed by atoms with E-state index in [-0.39, 0.29) is 11.6 Å². The molecule has 7 nitrogen and oxygen atoms in total. The molecular weight excluding hydrogens is 354 g/mol. The Morgan fingerprint density at radius 2 is 1.79 bits per heavy atom. The largest absolute Gasteiger partial charge is 0.351 e. The van der Waals surface area contributed by atoms with E-state index in [2.05, 4.69) is 10.4 Å². The van der Waals surface area contributed by atoms with Crippen molar-refractivity contribution in [1.29, 1.82) is 0 Å². The third kappa shape index (κ3) is 3.73. The highest BCUT2D eigenvalue weighted by Crippen LogP contribution is 2.08. The number of nitrogens with one attached hydrogen (secondary N) is 1. The first-order chi connectivity index (χ1) is 13.7. The second-order valence-corrected chi connectivity index (χ2v) is 6.55. The van der Waals surface area contributed by atoms with Crippen LogP contribution in [-0.4, -0.2) is 31.2 Å². The van der Waals surface area contributed by atoms with Gasteiger partial charge in [-0.25, -0.2) is 9.48 Å². The minimum absolute atomic E-state index is 0.122. The Bertz CT molecular complexity index is 1140. The molecule has 4 rings (SSSR count). The highest BCUT2D eigenvalue weighted by Gasteiger charge is 2.11. The first-order valence-corrected chi connectivity index (χ1v) is 9.24. The lowest BCUT2D eigenvalue weighted by molar-refractivity contribution is 0.0944. The molecule has 0 aliphatic carbocycles. The number of rotatable bonds is 7. The van der Waals surface area contributed by atoms with E-state index in [1.807, 2.05) is 59.3 Å². The van der Waals surface area contributed by atoms with Crippen molar-refractivity contribution in [2.24, 2.45) is 0 Å². The molecule has 142 valence electrons. The lowest BCUT2D eigenvalue weighted by atomic mass is 10.2. The zero-order valence-corrected chi connectivity index (χ0v) is 15.4. The maximum absolute atomic E-state index is 12.5. The van der Waals surface area contributed by atoms with Gasteiger partial charge in [-0.15, -0.1) is 5.10 Å². The molecule has 4 aromatic rings. The lowest BCUT2D eigenvalue weighted by Crippen LogP contribution is -2.29. The second kappa shape index (κ2) is 7.96. The molecule has 0 saturated heterocycles. The summed E-state index contributed by atoms with van der Waals surface area (Å²) < 4.78 is 4.87. The van der Waals surface area contributed by atoms with E-state index < -0.39 is 0 Å². The first kappa shape index (κ1) is 17.8. The molecule has 3 heterocycles. The first-order valence-electron chi connectivity index (χ1n) is 9.24. The Morgan fingerprint density at radius 1 is 0.964 bits per heavy atom. The number of hydrogen-bond acceptors (Lipinski definition) is 3. The Balaban J connectivity index is 1.33. The second-order valence-electron chi connectivity index (χ2n) is 6.55. The van der Waals surface area contributed by atoms with Crippen molar-refractivity contribution < 1.29 is 4.79 Å². The average Bonchev–Trinajstić information content (AvgIpc) is 3.31. The van der Waals surface area contributed by atoms with E-state index in [0.717, 1.165) is 5.56 Å². The highest BCUT2D eigenvalue weighted by atomic mass is 16.2. The Morgan fingerprint density at radius 3 is 2.61 bits per heavy atom. The van der Waals surface area contributed by atoms with Crippen molar-refractivity contribution in [2.75, 3.05) is 6.54 Å². The summed E-state index contributed by atoms with van der Waals surface area (Å²) in [4.78, 5) is 24.8. The van der Waals surface area contributed by atoms with Crippen LogP contribution in [0.25, 0.3) is 5.65 Å². The summed E-state index contributed by atoms with van der Waals surface area (Å²) in [7, 11) is 0. The molecule has 7 heteroatoms. The fourth-order valence-corrected chi connectivity index (χ4v) is 3.17. The van der Waals surface area contributed by atoms with Crippen LogP contribution in [0.2, 0.25) is 0 Å². The fraction of sp³-hybridized carbons (Fsp3) is 0.190. The third-order valence-corrected chi connectivity index (χ3v) is 4.58. The maximum atomic E-state index is 12.5. The SMILES string of the molecule is O=C(NCCCn1nc2ccccn2c1=O)c1cccn1Cc1ccccc1. The zero-order valence-electron chi connectivity index (χ0n) is 15.4. The third-order valence-electron chi connectivity index (χ3n) is 4.58. The average molecular weight is 375 g/mol. The van der Waals surface area contributed by atoms with Gasteiger partial charge in [0, 0.05) is 32.0 Å². The Kier molecular flexibility index (Phi) is 5.05. The zero-order chi connectivity index (χ0) is 19.3. The van der Waals surface area contributed by atoms with Gasteiger partial charge in [0.2, 0.25) is 0 Å². The molecule has 0 unspecified atom stereocenters. The Hall–Kier alpha value is -3.61. The molecule has 0 saturated carbocycles. The van der Waals surface area contributed by atoms with Crippen LogP contribution in [0.3, 0.4) is 0 Å². The molecule has 0 atom stereocenters. The standard InChI is InChI=1S/C21H21N5O2/c27-20(18-10-6-13-24(18)16-17-8-2-1-3-9-17)22-12-7-15-26-21(28)25-14-5-4-11-19(25)23-26/h1-6,8-11,13-14H,7,12,15-16H2,(H,22,27). The summed E-state index contributed by atoms with van der Waals surface area (Å²) in [5.74, 6) is -0.122. The van der Waals surface area contributed by atoms with E-state index in [1.54, 1.807) is 18.3 Å². The smallest absolute Gasteiger partial charge is 0.350 e. The van der Waals surface area contributed by atoms with Crippen molar-refractivity contribution >= 4 is 11.6 Å². The van der Waals surface area contributed by atoms with E-state index in [0.29, 0.717) is 37.4 Å². The predicted molar refractivity (Wildman–Crippen MR) is 106 cm³/mol. The van der Waals surface area contributed by atoms with Crippen molar-refractivity contribution in [2.45, 2.75) is 19.5 Å². The summed E-state index contributed by atoms with van der Waals surface area (Å²) in [6, 6.07) is 19.1. The number of hydrogen-bond donors (Lipinski definition) is 1. The van der Waals surface area contributed by atoms with E-state index in [1.165, 1.54) is 9.08 Å². The van der Waals surface area contributed by atoms with Crippen molar-refractivity contribution in [3.63, 3.8) is 0 Å². The van der Waals surface area contributed by atoms with Crippen molar-refractivity contribution in [1.82, 2.24) is 24.1 Å². The lowest BCUT2D eigenvalue weighted by Gasteiger charge is -2.10. The minimum atomic E-state index is -0.168. The van der Waals surface area contributed by atoms with Gasteiger partial charge in [0.15, 0.2) is 5.65 Å². The molecule has 0 radical (unpaired) electrons. The minimum Gasteiger partial charge on any atom is -0.351 e. The van der Waals surface area contributed by atoms with Crippen LogP contribution in [0.4, 0.5) is 0 Å². The molecule has 1 amide bonds. The summed E-state index contributed by atoms with van der Waals surface area (Å²) in [6.07, 6.45) is 4.22. The van der Waals surface area contributed by atoms with Gasteiger partial charge in [-0.05, 0) is 36.2 Å². The number of carbonyl (C=O) groups excluding carboxylic acids is 1. The van der Waals surface area contributed by atoms with E-state index in [4.69, 9.17) is 0 Å². The van der Waals surface area contributed by atoms with Crippen LogP contribution in [0.15, 0.2) is 77.9 Å². The van der Waals surface area contributed by atoms with Crippen molar-refractivity contribution in [3.05, 3.63) is 94.8 Å². The van der Waals surface area contributed by atoms with Gasteiger partial charge >= 0.3 is 5.69 Å². The van der Waals surface area contributed by atoms with Gasteiger partial charge in [-0.3, -0.25) is 9.20 Å². The Labute approximate surface area is 161 Å². The number of carbonyl (C=O) groups is 1. The molecule has 1 aromatic carbocycles. The van der Waals surface area contributed by atoms with Gasteiger partial charge in [-0.2, -0.15) is 0 Å². The highest BCUT2D eigenvalue weighted by molar-refractivity contribution is 5.92. The number of nitrogens with zero attached hydrogens (tertiary/aromatic N) is 4. The fourth-order valence-electron chi connectivity index (χ4n) is 3.17. The van der Waals surface area contributed by atoms with Crippen LogP contribution in [0.5, 0.6) is 0 Å². The van der Waals surface area contributed by atoms with Gasteiger partial charge in [0.25, 0.3) is 5.91 Å². The van der Waals surface area contributed by atoms with Crippen LogP contribution < -0.4 is 11.0 Å². The summed E-state index contributed by atoms with van der Waals surface area (Å²) in [5.41, 5.74) is 2.21. The summed E-state index contributed by atoms with van der Waals surface area (Å²) >= 11 is 0. The van der Waals surface area contributed by atoms with Crippen LogP contribution in [0, 0.1) is 0 Å². The monoisotopic (exact) mass is 375 g/mol. The molecule has 0 fully saturated rings. The van der Waals surface area contributed by atoms with Gasteiger partial charge in [0.05, 0.1) is 0 Å². The molecular formula is C21H21N5O2. The summed E-state index contributed by atoms with van der Waals surface area (Å²) in [5, 5.41) is 7.22. The number of amides is 1. The molecule has 1 N–H and O–H groups in total. The maximum Gasteiger partial charge on any atom is 0.350 e. The number of benzene rings is 1. The predicted octanol–water partition coefficient (Wildman–Crippen LogP) is 2.17. The van der Waals surface area contributed by atoms with E-state index in [9.17, 15) is 9.59 Å². The molecule has 0 spiro atoms. The molecule has 0 aliphatic rings. The number of fused-ring (bicyclic) bond motifs is 1.